The molecule has 0 amide bonds. The monoisotopic (exact) mass is 505 g/mol. The van der Waals surface area contributed by atoms with Gasteiger partial charge in [-0.15, -0.1) is 0 Å². The highest BCUT2D eigenvalue weighted by Crippen LogP contribution is 2.50. The molecule has 0 radical (unpaired) electrons. The van der Waals surface area contributed by atoms with Crippen molar-refractivity contribution in [2.75, 3.05) is 4.90 Å². The summed E-state index contributed by atoms with van der Waals surface area (Å²) in [6.07, 6.45) is 7.67. The van der Waals surface area contributed by atoms with Gasteiger partial charge in [0.2, 0.25) is 0 Å². The fraction of sp³-hybridized carbons (Fsp3) is 0.514. The van der Waals surface area contributed by atoms with Gasteiger partial charge in [0.25, 0.3) is 0 Å². The first-order valence-corrected chi connectivity index (χ1v) is 15.1. The Morgan fingerprint density at radius 1 is 0.605 bits per heavy atom. The molecule has 3 aromatic carbocycles. The van der Waals surface area contributed by atoms with Gasteiger partial charge in [0.1, 0.15) is 0 Å². The second-order valence-corrected chi connectivity index (χ2v) is 14.8. The molecule has 200 valence electrons. The smallest absolute Gasteiger partial charge is 0.0467 e. The van der Waals surface area contributed by atoms with Gasteiger partial charge in [-0.25, -0.2) is 0 Å². The van der Waals surface area contributed by atoms with E-state index in [2.05, 4.69) is 115 Å². The van der Waals surface area contributed by atoms with E-state index in [9.17, 15) is 0 Å². The molecule has 1 heteroatoms. The van der Waals surface area contributed by atoms with Gasteiger partial charge in [-0.05, 0) is 143 Å². The molecule has 6 rings (SSSR count). The number of rotatable bonds is 4. The summed E-state index contributed by atoms with van der Waals surface area (Å²) in [6, 6.07) is 22.0. The lowest BCUT2D eigenvalue weighted by Crippen LogP contribution is -2.34. The van der Waals surface area contributed by atoms with Crippen molar-refractivity contribution in [3.63, 3.8) is 0 Å². The van der Waals surface area contributed by atoms with Crippen molar-refractivity contribution in [1.82, 2.24) is 0 Å². The standard InChI is InChI=1S/C37H47N/c1-24-19-27(26-9-10-26)21-30(20-24)38(28-11-13-32-31(22-28)25(2)15-16-35(32,3)4)29-12-14-33-34(23-29)37(7,8)18-17-36(33,5)6/h11-14,19-23,25-26H,9-10,15-18H2,1-8H3. The molecule has 3 aliphatic rings. The number of fused-ring (bicyclic) bond motifs is 2. The number of anilines is 3. The number of hydrogen-bond donors (Lipinski definition) is 0. The molecule has 1 nitrogen and oxygen atoms in total. The number of aryl methyl sites for hydroxylation is 1. The molecule has 0 heterocycles. The summed E-state index contributed by atoms with van der Waals surface area (Å²) in [4.78, 5) is 2.56. The molecule has 1 unspecified atom stereocenters. The van der Waals surface area contributed by atoms with Crippen molar-refractivity contribution in [1.29, 1.82) is 0 Å². The van der Waals surface area contributed by atoms with Gasteiger partial charge in [0.15, 0.2) is 0 Å². The van der Waals surface area contributed by atoms with Crippen LogP contribution < -0.4 is 4.90 Å². The first kappa shape index (κ1) is 25.7. The number of hydrogen-bond acceptors (Lipinski definition) is 1. The molecule has 3 aromatic rings. The minimum Gasteiger partial charge on any atom is -0.310 e. The Labute approximate surface area is 231 Å². The van der Waals surface area contributed by atoms with Crippen LogP contribution in [0.25, 0.3) is 0 Å². The average Bonchev–Trinajstić information content (AvgIpc) is 3.70. The van der Waals surface area contributed by atoms with Crippen molar-refractivity contribution in [2.24, 2.45) is 0 Å². The summed E-state index contributed by atoms with van der Waals surface area (Å²) in [5.41, 5.74) is 13.6. The van der Waals surface area contributed by atoms with Crippen LogP contribution in [-0.4, -0.2) is 0 Å². The molecular formula is C37H47N. The van der Waals surface area contributed by atoms with Crippen molar-refractivity contribution in [3.05, 3.63) is 88.0 Å². The minimum atomic E-state index is 0.187. The lowest BCUT2D eigenvalue weighted by atomic mass is 9.63. The van der Waals surface area contributed by atoms with E-state index in [1.165, 1.54) is 83.4 Å². The molecule has 1 fully saturated rings. The highest BCUT2D eigenvalue weighted by atomic mass is 15.1. The Bertz CT molecular complexity index is 1380. The van der Waals surface area contributed by atoms with Crippen LogP contribution in [0.5, 0.6) is 0 Å². The Balaban J connectivity index is 1.56. The van der Waals surface area contributed by atoms with Gasteiger partial charge < -0.3 is 4.90 Å². The molecular weight excluding hydrogens is 458 g/mol. The van der Waals surface area contributed by atoms with Gasteiger partial charge in [0, 0.05) is 17.1 Å². The lowest BCUT2D eigenvalue weighted by molar-refractivity contribution is 0.332. The SMILES string of the molecule is Cc1cc(C2CC2)cc(N(c2ccc3c(c2)C(C)CCC3(C)C)c2ccc3c(c2)C(C)(C)CCC3(C)C)c1. The zero-order valence-corrected chi connectivity index (χ0v) is 25.0. The molecule has 38 heavy (non-hydrogen) atoms. The molecule has 1 saturated carbocycles. The van der Waals surface area contributed by atoms with E-state index < -0.39 is 0 Å². The molecule has 1 atom stereocenters. The van der Waals surface area contributed by atoms with Crippen LogP contribution in [-0.2, 0) is 16.2 Å². The van der Waals surface area contributed by atoms with Crippen molar-refractivity contribution in [3.8, 4) is 0 Å². The predicted molar refractivity (Wildman–Crippen MR) is 164 cm³/mol. The second kappa shape index (κ2) is 8.73. The third-order valence-electron chi connectivity index (χ3n) is 10.2. The fourth-order valence-electron chi connectivity index (χ4n) is 7.32. The first-order chi connectivity index (χ1) is 17.9. The first-order valence-electron chi connectivity index (χ1n) is 15.1. The quantitative estimate of drug-likeness (QED) is 0.341. The summed E-state index contributed by atoms with van der Waals surface area (Å²) < 4.78 is 0. The molecule has 0 bridgehead atoms. The summed E-state index contributed by atoms with van der Waals surface area (Å²) >= 11 is 0. The van der Waals surface area contributed by atoms with E-state index in [1.807, 2.05) is 0 Å². The van der Waals surface area contributed by atoms with E-state index in [4.69, 9.17) is 0 Å². The van der Waals surface area contributed by atoms with Gasteiger partial charge >= 0.3 is 0 Å². The molecule has 0 aliphatic heterocycles. The van der Waals surface area contributed by atoms with Crippen LogP contribution >= 0.6 is 0 Å². The predicted octanol–water partition coefficient (Wildman–Crippen LogP) is 10.9. The molecule has 0 saturated heterocycles. The average molecular weight is 506 g/mol. The molecule has 3 aliphatic carbocycles. The van der Waals surface area contributed by atoms with Gasteiger partial charge in [0.05, 0.1) is 0 Å². The van der Waals surface area contributed by atoms with E-state index >= 15 is 0 Å². The topological polar surface area (TPSA) is 3.24 Å². The normalized spacial score (nSPS) is 22.9. The van der Waals surface area contributed by atoms with Crippen LogP contribution in [0.2, 0.25) is 0 Å². The van der Waals surface area contributed by atoms with E-state index in [0.717, 1.165) is 5.92 Å². The van der Waals surface area contributed by atoms with E-state index in [1.54, 1.807) is 5.56 Å². The number of nitrogens with zero attached hydrogens (tertiary/aromatic N) is 1. The van der Waals surface area contributed by atoms with Crippen molar-refractivity contribution < 1.29 is 0 Å². The van der Waals surface area contributed by atoms with Crippen molar-refractivity contribution >= 4 is 17.1 Å². The fourth-order valence-corrected chi connectivity index (χ4v) is 7.32. The van der Waals surface area contributed by atoms with E-state index in [0.29, 0.717) is 5.92 Å². The highest BCUT2D eigenvalue weighted by molar-refractivity contribution is 5.79. The summed E-state index contributed by atoms with van der Waals surface area (Å²) in [5, 5.41) is 0. The molecule has 0 N–H and O–H groups in total. The van der Waals surface area contributed by atoms with Gasteiger partial charge in [-0.1, -0.05) is 66.7 Å². The Morgan fingerprint density at radius 3 is 1.89 bits per heavy atom. The zero-order valence-electron chi connectivity index (χ0n) is 25.0. The second-order valence-electron chi connectivity index (χ2n) is 14.8. The highest BCUT2D eigenvalue weighted by Gasteiger charge is 2.38. The summed E-state index contributed by atoms with van der Waals surface area (Å²) in [7, 11) is 0. The van der Waals surface area contributed by atoms with E-state index in [-0.39, 0.29) is 16.2 Å². The van der Waals surface area contributed by atoms with Crippen molar-refractivity contribution in [2.45, 2.75) is 122 Å². The maximum atomic E-state index is 2.56. The Hall–Kier alpha value is -2.54. The van der Waals surface area contributed by atoms with Crippen LogP contribution in [0.15, 0.2) is 54.6 Å². The van der Waals surface area contributed by atoms with Crippen LogP contribution in [0, 0.1) is 6.92 Å². The maximum absolute atomic E-state index is 2.56. The van der Waals surface area contributed by atoms with Gasteiger partial charge in [-0.2, -0.15) is 0 Å². The third-order valence-corrected chi connectivity index (χ3v) is 10.2. The largest absolute Gasteiger partial charge is 0.310 e. The summed E-state index contributed by atoms with van der Waals surface area (Å²) in [6.45, 7) is 19.3. The van der Waals surface area contributed by atoms with Crippen LogP contribution in [0.1, 0.15) is 132 Å². The number of benzene rings is 3. The maximum Gasteiger partial charge on any atom is 0.0467 e. The minimum absolute atomic E-state index is 0.187. The van der Waals surface area contributed by atoms with Gasteiger partial charge in [-0.3, -0.25) is 0 Å². The molecule has 0 aromatic heterocycles. The Kier molecular flexibility index (Phi) is 5.91. The summed E-state index contributed by atoms with van der Waals surface area (Å²) in [5.74, 6) is 1.34. The lowest BCUT2D eigenvalue weighted by Gasteiger charge is -2.42. The zero-order chi connectivity index (χ0) is 27.0. The Morgan fingerprint density at radius 2 is 1.21 bits per heavy atom. The third kappa shape index (κ3) is 4.41. The van der Waals surface area contributed by atoms with Crippen LogP contribution in [0.4, 0.5) is 17.1 Å². The van der Waals surface area contributed by atoms with Crippen LogP contribution in [0.3, 0.4) is 0 Å². The molecule has 0 spiro atoms.